The average molecular weight is 292 g/mol. The number of carbonyl (C=O) groups excluding carboxylic acids is 1. The third-order valence-electron chi connectivity index (χ3n) is 6.48. The summed E-state index contributed by atoms with van der Waals surface area (Å²) in [6, 6.07) is 0.414. The molecule has 0 aromatic rings. The van der Waals surface area contributed by atoms with Crippen LogP contribution in [0.25, 0.3) is 0 Å². The van der Waals surface area contributed by atoms with Crippen molar-refractivity contribution in [1.29, 1.82) is 0 Å². The first kappa shape index (κ1) is 15.3. The lowest BCUT2D eigenvalue weighted by atomic mass is 9.83. The highest BCUT2D eigenvalue weighted by atomic mass is 16.2. The van der Waals surface area contributed by atoms with E-state index in [2.05, 4.69) is 0 Å². The molecule has 3 saturated carbocycles. The van der Waals surface area contributed by atoms with Gasteiger partial charge in [0, 0.05) is 26.1 Å². The van der Waals surface area contributed by atoms with E-state index in [0.717, 1.165) is 55.9 Å². The fourth-order valence-corrected chi connectivity index (χ4v) is 5.05. The van der Waals surface area contributed by atoms with Crippen LogP contribution in [0.15, 0.2) is 0 Å². The first-order valence-electron chi connectivity index (χ1n) is 9.11. The van der Waals surface area contributed by atoms with Crippen LogP contribution in [0.4, 0.5) is 0 Å². The van der Waals surface area contributed by atoms with Crippen LogP contribution in [-0.2, 0) is 4.79 Å². The van der Waals surface area contributed by atoms with Gasteiger partial charge in [-0.3, -0.25) is 4.79 Å². The van der Waals surface area contributed by atoms with E-state index in [-0.39, 0.29) is 0 Å². The molecule has 3 heteroatoms. The molecule has 1 amide bonds. The van der Waals surface area contributed by atoms with Crippen molar-refractivity contribution in [3.63, 3.8) is 0 Å². The molecular weight excluding hydrogens is 260 g/mol. The predicted molar refractivity (Wildman–Crippen MR) is 85.7 cm³/mol. The molecule has 2 bridgehead atoms. The Morgan fingerprint density at radius 3 is 2.48 bits per heavy atom. The zero-order chi connectivity index (χ0) is 14.8. The summed E-state index contributed by atoms with van der Waals surface area (Å²) in [5.74, 6) is 3.81. The van der Waals surface area contributed by atoms with Crippen LogP contribution in [-0.4, -0.2) is 30.4 Å². The van der Waals surface area contributed by atoms with Crippen molar-refractivity contribution in [3.05, 3.63) is 0 Å². The highest BCUT2D eigenvalue weighted by Gasteiger charge is 2.40. The minimum absolute atomic E-state index is 0.368. The van der Waals surface area contributed by atoms with Crippen LogP contribution in [0.3, 0.4) is 0 Å². The molecule has 0 heterocycles. The molecule has 3 rings (SSSR count). The molecule has 3 unspecified atom stereocenters. The van der Waals surface area contributed by atoms with Crippen LogP contribution >= 0.6 is 0 Å². The Hall–Kier alpha value is -0.570. The Bertz CT molecular complexity index is 362. The maximum absolute atomic E-state index is 12.3. The van der Waals surface area contributed by atoms with Gasteiger partial charge in [-0.05, 0) is 75.0 Å². The first-order chi connectivity index (χ1) is 10.1. The molecule has 0 aromatic carbocycles. The fourth-order valence-electron chi connectivity index (χ4n) is 5.05. The molecule has 3 aliphatic carbocycles. The van der Waals surface area contributed by atoms with Crippen LogP contribution < -0.4 is 5.73 Å². The van der Waals surface area contributed by atoms with Gasteiger partial charge in [0.1, 0.15) is 0 Å². The molecule has 2 N–H and O–H groups in total. The number of carbonyl (C=O) groups is 1. The van der Waals surface area contributed by atoms with Crippen molar-refractivity contribution in [2.75, 3.05) is 13.6 Å². The molecule has 3 aliphatic rings. The highest BCUT2D eigenvalue weighted by molar-refractivity contribution is 5.75. The summed E-state index contributed by atoms with van der Waals surface area (Å²) >= 11 is 0. The van der Waals surface area contributed by atoms with Crippen molar-refractivity contribution >= 4 is 5.91 Å². The Morgan fingerprint density at radius 2 is 1.86 bits per heavy atom. The second kappa shape index (κ2) is 6.68. The number of amides is 1. The zero-order valence-corrected chi connectivity index (χ0v) is 13.6. The van der Waals surface area contributed by atoms with E-state index in [1.807, 2.05) is 11.9 Å². The topological polar surface area (TPSA) is 46.3 Å². The lowest BCUT2D eigenvalue weighted by molar-refractivity contribution is -0.131. The molecule has 0 aromatic heterocycles. The quantitative estimate of drug-likeness (QED) is 0.846. The average Bonchev–Trinajstić information content (AvgIpc) is 3.09. The van der Waals surface area contributed by atoms with Crippen molar-refractivity contribution in [2.45, 2.75) is 70.3 Å². The van der Waals surface area contributed by atoms with Gasteiger partial charge in [-0.2, -0.15) is 0 Å². The predicted octanol–water partition coefficient (Wildman–Crippen LogP) is 3.18. The molecule has 3 atom stereocenters. The molecule has 0 spiro atoms. The minimum atomic E-state index is 0.368. The number of fused-ring (bicyclic) bond motifs is 2. The first-order valence-corrected chi connectivity index (χ1v) is 9.11. The highest BCUT2D eigenvalue weighted by Crippen LogP contribution is 2.48. The standard InChI is InChI=1S/C18H32N2O/c1-20(12-16-11-14-2-6-15(16)10-14)18(21)9-5-13-3-7-17(19)8-4-13/h13-17H,2-12,19H2,1H3. The number of nitrogens with zero attached hydrogens (tertiary/aromatic N) is 1. The summed E-state index contributed by atoms with van der Waals surface area (Å²) in [4.78, 5) is 14.4. The van der Waals surface area contributed by atoms with Crippen LogP contribution in [0.1, 0.15) is 64.2 Å². The zero-order valence-electron chi connectivity index (χ0n) is 13.6. The Labute approximate surface area is 129 Å². The molecule has 3 fully saturated rings. The normalized spacial score (nSPS) is 38.7. The third-order valence-corrected chi connectivity index (χ3v) is 6.48. The van der Waals surface area contributed by atoms with Gasteiger partial charge in [0.25, 0.3) is 0 Å². The van der Waals surface area contributed by atoms with Crippen molar-refractivity contribution in [3.8, 4) is 0 Å². The van der Waals surface area contributed by atoms with Gasteiger partial charge in [0.2, 0.25) is 5.91 Å². The van der Waals surface area contributed by atoms with Crippen LogP contribution in [0, 0.1) is 23.7 Å². The molecule has 21 heavy (non-hydrogen) atoms. The van der Waals surface area contributed by atoms with E-state index in [9.17, 15) is 4.79 Å². The lowest BCUT2D eigenvalue weighted by Gasteiger charge is -2.29. The van der Waals surface area contributed by atoms with Gasteiger partial charge in [0.15, 0.2) is 0 Å². The number of hydrogen-bond acceptors (Lipinski definition) is 2. The Balaban J connectivity index is 1.36. The third kappa shape index (κ3) is 3.80. The molecule has 120 valence electrons. The smallest absolute Gasteiger partial charge is 0.222 e. The van der Waals surface area contributed by atoms with E-state index >= 15 is 0 Å². The maximum atomic E-state index is 12.3. The number of rotatable bonds is 5. The summed E-state index contributed by atoms with van der Waals surface area (Å²) in [6.45, 7) is 1.01. The largest absolute Gasteiger partial charge is 0.345 e. The maximum Gasteiger partial charge on any atom is 0.222 e. The molecule has 0 aliphatic heterocycles. The SMILES string of the molecule is CN(CC1CC2CCC1C2)C(=O)CCC1CCC(N)CC1. The van der Waals surface area contributed by atoms with E-state index in [0.29, 0.717) is 11.9 Å². The number of nitrogens with two attached hydrogens (primary N) is 1. The van der Waals surface area contributed by atoms with E-state index in [4.69, 9.17) is 5.73 Å². The van der Waals surface area contributed by atoms with Gasteiger partial charge >= 0.3 is 0 Å². The minimum Gasteiger partial charge on any atom is -0.345 e. The molecule has 0 saturated heterocycles. The monoisotopic (exact) mass is 292 g/mol. The van der Waals surface area contributed by atoms with E-state index in [1.165, 1.54) is 38.5 Å². The molecular formula is C18H32N2O. The fraction of sp³-hybridized carbons (Fsp3) is 0.944. The summed E-state index contributed by atoms with van der Waals surface area (Å²) in [5.41, 5.74) is 5.95. The summed E-state index contributed by atoms with van der Waals surface area (Å²) < 4.78 is 0. The summed E-state index contributed by atoms with van der Waals surface area (Å²) in [6.07, 6.45) is 12.3. The second-order valence-electron chi connectivity index (χ2n) is 8.03. The van der Waals surface area contributed by atoms with Crippen LogP contribution in [0.5, 0.6) is 0 Å². The second-order valence-corrected chi connectivity index (χ2v) is 8.03. The van der Waals surface area contributed by atoms with Gasteiger partial charge in [-0.25, -0.2) is 0 Å². The number of hydrogen-bond donors (Lipinski definition) is 1. The van der Waals surface area contributed by atoms with Crippen LogP contribution in [0.2, 0.25) is 0 Å². The molecule has 3 nitrogen and oxygen atoms in total. The van der Waals surface area contributed by atoms with Gasteiger partial charge in [0.05, 0.1) is 0 Å². The lowest BCUT2D eigenvalue weighted by Crippen LogP contribution is -2.34. The van der Waals surface area contributed by atoms with Gasteiger partial charge in [-0.15, -0.1) is 0 Å². The van der Waals surface area contributed by atoms with E-state index < -0.39 is 0 Å². The van der Waals surface area contributed by atoms with E-state index in [1.54, 1.807) is 0 Å². The summed E-state index contributed by atoms with van der Waals surface area (Å²) in [5, 5.41) is 0. The van der Waals surface area contributed by atoms with Gasteiger partial charge < -0.3 is 10.6 Å². The van der Waals surface area contributed by atoms with Gasteiger partial charge in [-0.1, -0.05) is 6.42 Å². The van der Waals surface area contributed by atoms with Crippen molar-refractivity contribution in [2.24, 2.45) is 29.4 Å². The Morgan fingerprint density at radius 1 is 1.10 bits per heavy atom. The van der Waals surface area contributed by atoms with Crippen molar-refractivity contribution < 1.29 is 4.79 Å². The van der Waals surface area contributed by atoms with Crippen molar-refractivity contribution in [1.82, 2.24) is 4.90 Å². The Kier molecular flexibility index (Phi) is 4.88. The summed E-state index contributed by atoms with van der Waals surface area (Å²) in [7, 11) is 2.02. The molecule has 0 radical (unpaired) electrons.